The van der Waals surface area contributed by atoms with Crippen LogP contribution >= 0.6 is 22.6 Å². The summed E-state index contributed by atoms with van der Waals surface area (Å²) in [6.45, 7) is 4.53. The molecule has 23 heavy (non-hydrogen) atoms. The van der Waals surface area contributed by atoms with E-state index in [9.17, 15) is 4.79 Å². The highest BCUT2D eigenvalue weighted by Crippen LogP contribution is 2.17. The van der Waals surface area contributed by atoms with Crippen molar-refractivity contribution in [1.82, 2.24) is 9.78 Å². The number of nitrogens with zero attached hydrogens (tertiary/aromatic N) is 3. The van der Waals surface area contributed by atoms with Gasteiger partial charge in [0.2, 0.25) is 5.91 Å². The van der Waals surface area contributed by atoms with Crippen molar-refractivity contribution in [3.8, 4) is 6.07 Å². The molecule has 1 N–H and O–H groups in total. The van der Waals surface area contributed by atoms with Gasteiger partial charge in [-0.15, -0.1) is 0 Å². The van der Waals surface area contributed by atoms with Gasteiger partial charge in [-0.05, 0) is 66.6 Å². The molecule has 0 saturated heterocycles. The largest absolute Gasteiger partial charge is 0.326 e. The third-order valence-corrected chi connectivity index (χ3v) is 4.35. The summed E-state index contributed by atoms with van der Waals surface area (Å²) in [5.74, 6) is -0.00410. The standard InChI is InChI=1S/C17H19IN4O/c1-12-16(13(2)22(21-12)10-4-9-19)7-8-17(23)20-15-6-3-5-14(18)11-15/h3,5-6,11H,4,7-8,10H2,1-2H3,(H,20,23). The monoisotopic (exact) mass is 422 g/mol. The minimum Gasteiger partial charge on any atom is -0.326 e. The zero-order chi connectivity index (χ0) is 16.8. The molecular weight excluding hydrogens is 403 g/mol. The van der Waals surface area contributed by atoms with E-state index in [0.29, 0.717) is 25.8 Å². The molecule has 0 fully saturated rings. The van der Waals surface area contributed by atoms with E-state index in [4.69, 9.17) is 5.26 Å². The first-order valence-corrected chi connectivity index (χ1v) is 8.54. The molecule has 1 amide bonds. The Hall–Kier alpha value is -1.88. The molecule has 5 nitrogen and oxygen atoms in total. The first-order chi connectivity index (χ1) is 11.0. The van der Waals surface area contributed by atoms with Crippen LogP contribution in [-0.2, 0) is 17.8 Å². The van der Waals surface area contributed by atoms with Crippen molar-refractivity contribution in [3.63, 3.8) is 0 Å². The Balaban J connectivity index is 1.96. The van der Waals surface area contributed by atoms with Crippen molar-refractivity contribution >= 4 is 34.2 Å². The van der Waals surface area contributed by atoms with Crippen LogP contribution in [-0.4, -0.2) is 15.7 Å². The van der Waals surface area contributed by atoms with E-state index in [1.54, 1.807) is 0 Å². The number of carbonyl (C=O) groups excluding carboxylic acids is 1. The van der Waals surface area contributed by atoms with Crippen molar-refractivity contribution in [3.05, 3.63) is 44.8 Å². The molecule has 0 aliphatic heterocycles. The van der Waals surface area contributed by atoms with Crippen LogP contribution in [0.1, 0.15) is 29.8 Å². The second kappa shape index (κ2) is 8.11. The number of anilines is 1. The third kappa shape index (κ3) is 4.79. The Kier molecular flexibility index (Phi) is 6.16. The molecule has 1 aromatic carbocycles. The van der Waals surface area contributed by atoms with Crippen molar-refractivity contribution < 1.29 is 4.79 Å². The van der Waals surface area contributed by atoms with Crippen LogP contribution < -0.4 is 5.32 Å². The summed E-state index contributed by atoms with van der Waals surface area (Å²) >= 11 is 2.22. The number of hydrogen-bond donors (Lipinski definition) is 1. The topological polar surface area (TPSA) is 70.7 Å². The Morgan fingerprint density at radius 1 is 1.43 bits per heavy atom. The smallest absolute Gasteiger partial charge is 0.224 e. The summed E-state index contributed by atoms with van der Waals surface area (Å²) in [6, 6.07) is 9.86. The maximum atomic E-state index is 12.1. The lowest BCUT2D eigenvalue weighted by Crippen LogP contribution is -2.12. The molecule has 1 aromatic heterocycles. The average molecular weight is 422 g/mol. The molecule has 0 unspecified atom stereocenters. The van der Waals surface area contributed by atoms with Crippen molar-refractivity contribution in [1.29, 1.82) is 5.26 Å². The fourth-order valence-electron chi connectivity index (χ4n) is 2.50. The predicted molar refractivity (Wildman–Crippen MR) is 98.0 cm³/mol. The van der Waals surface area contributed by atoms with Crippen molar-refractivity contribution in [2.75, 3.05) is 5.32 Å². The molecule has 0 saturated carbocycles. The Morgan fingerprint density at radius 2 is 2.22 bits per heavy atom. The molecule has 0 aliphatic rings. The van der Waals surface area contributed by atoms with Gasteiger partial charge < -0.3 is 5.32 Å². The molecule has 0 bridgehead atoms. The van der Waals surface area contributed by atoms with E-state index in [0.717, 1.165) is 26.2 Å². The number of hydrogen-bond acceptors (Lipinski definition) is 3. The molecular formula is C17H19IN4O. The minimum absolute atomic E-state index is 0.00410. The average Bonchev–Trinajstić information content (AvgIpc) is 2.77. The minimum atomic E-state index is -0.00410. The second-order valence-electron chi connectivity index (χ2n) is 5.34. The van der Waals surface area contributed by atoms with Crippen molar-refractivity contribution in [2.45, 2.75) is 39.7 Å². The number of carbonyl (C=O) groups is 1. The lowest BCUT2D eigenvalue weighted by Gasteiger charge is -2.06. The maximum Gasteiger partial charge on any atom is 0.224 e. The zero-order valence-electron chi connectivity index (χ0n) is 13.3. The van der Waals surface area contributed by atoms with Crippen LogP contribution in [0, 0.1) is 28.7 Å². The van der Waals surface area contributed by atoms with Gasteiger partial charge in [0.1, 0.15) is 0 Å². The number of nitrogens with one attached hydrogen (secondary N) is 1. The Morgan fingerprint density at radius 3 is 2.91 bits per heavy atom. The highest BCUT2D eigenvalue weighted by molar-refractivity contribution is 14.1. The van der Waals surface area contributed by atoms with Gasteiger partial charge in [-0.2, -0.15) is 10.4 Å². The van der Waals surface area contributed by atoms with E-state index in [1.165, 1.54) is 0 Å². The van der Waals surface area contributed by atoms with Crippen LogP contribution in [0.3, 0.4) is 0 Å². The van der Waals surface area contributed by atoms with E-state index >= 15 is 0 Å². The number of rotatable bonds is 6. The lowest BCUT2D eigenvalue weighted by atomic mass is 10.1. The highest BCUT2D eigenvalue weighted by Gasteiger charge is 2.13. The molecule has 1 heterocycles. The summed E-state index contributed by atoms with van der Waals surface area (Å²) in [5, 5.41) is 16.1. The van der Waals surface area contributed by atoms with Gasteiger partial charge in [-0.25, -0.2) is 0 Å². The summed E-state index contributed by atoms with van der Waals surface area (Å²) in [7, 11) is 0. The zero-order valence-corrected chi connectivity index (χ0v) is 15.4. The van der Waals surface area contributed by atoms with Gasteiger partial charge in [0.25, 0.3) is 0 Å². The molecule has 120 valence electrons. The molecule has 0 radical (unpaired) electrons. The highest BCUT2D eigenvalue weighted by atomic mass is 127. The van der Waals surface area contributed by atoms with E-state index in [-0.39, 0.29) is 5.91 Å². The molecule has 2 aromatic rings. The van der Waals surface area contributed by atoms with Gasteiger partial charge in [0, 0.05) is 21.4 Å². The van der Waals surface area contributed by atoms with Crippen LogP contribution in [0.2, 0.25) is 0 Å². The fourth-order valence-corrected chi connectivity index (χ4v) is 3.04. The molecule has 2 rings (SSSR count). The summed E-state index contributed by atoms with van der Waals surface area (Å²) in [4.78, 5) is 12.1. The van der Waals surface area contributed by atoms with Crippen molar-refractivity contribution in [2.24, 2.45) is 0 Å². The van der Waals surface area contributed by atoms with Crippen LogP contribution in [0.5, 0.6) is 0 Å². The van der Waals surface area contributed by atoms with Crippen LogP contribution in [0.15, 0.2) is 24.3 Å². The quantitative estimate of drug-likeness (QED) is 0.724. The predicted octanol–water partition coefficient (Wildman–Crippen LogP) is 3.59. The number of nitriles is 1. The Bertz CT molecular complexity index is 746. The number of amides is 1. The van der Waals surface area contributed by atoms with Gasteiger partial charge in [-0.1, -0.05) is 6.07 Å². The maximum absolute atomic E-state index is 12.1. The van der Waals surface area contributed by atoms with Crippen LogP contribution in [0.4, 0.5) is 5.69 Å². The summed E-state index contributed by atoms with van der Waals surface area (Å²) in [5.41, 5.74) is 3.89. The number of aromatic nitrogens is 2. The SMILES string of the molecule is Cc1nn(CCC#N)c(C)c1CCC(=O)Nc1cccc(I)c1. The Labute approximate surface area is 149 Å². The molecule has 0 spiro atoms. The van der Waals surface area contributed by atoms with E-state index < -0.39 is 0 Å². The van der Waals surface area contributed by atoms with Crippen LogP contribution in [0.25, 0.3) is 0 Å². The normalized spacial score (nSPS) is 10.3. The van der Waals surface area contributed by atoms with Gasteiger partial charge in [-0.3, -0.25) is 9.48 Å². The van der Waals surface area contributed by atoms with Gasteiger partial charge in [0.15, 0.2) is 0 Å². The third-order valence-electron chi connectivity index (χ3n) is 3.68. The first-order valence-electron chi connectivity index (χ1n) is 7.46. The first kappa shape index (κ1) is 17.5. The molecule has 0 aliphatic carbocycles. The van der Waals surface area contributed by atoms with E-state index in [2.05, 4.69) is 39.1 Å². The number of benzene rings is 1. The van der Waals surface area contributed by atoms with Gasteiger partial charge >= 0.3 is 0 Å². The van der Waals surface area contributed by atoms with E-state index in [1.807, 2.05) is 42.8 Å². The summed E-state index contributed by atoms with van der Waals surface area (Å²) < 4.78 is 2.94. The second-order valence-corrected chi connectivity index (χ2v) is 6.58. The lowest BCUT2D eigenvalue weighted by molar-refractivity contribution is -0.116. The van der Waals surface area contributed by atoms with Gasteiger partial charge in [0.05, 0.1) is 24.7 Å². The number of aryl methyl sites for hydroxylation is 2. The summed E-state index contributed by atoms with van der Waals surface area (Å²) in [6.07, 6.45) is 1.51. The molecule has 6 heteroatoms. The molecule has 0 atom stereocenters. The number of halogens is 1. The fraction of sp³-hybridized carbons (Fsp3) is 0.353.